The average molecular weight is 307 g/mol. The molecule has 0 atom stereocenters. The van der Waals surface area contributed by atoms with Crippen molar-refractivity contribution in [1.82, 2.24) is 9.80 Å². The zero-order chi connectivity index (χ0) is 16.7. The number of likely N-dealkylation sites (N-methyl/N-ethyl adjacent to an activating group) is 1. The molecule has 0 aliphatic heterocycles. The van der Waals surface area contributed by atoms with Crippen molar-refractivity contribution in [3.8, 4) is 6.07 Å². The van der Waals surface area contributed by atoms with E-state index >= 15 is 0 Å². The van der Waals surface area contributed by atoms with Crippen LogP contribution in [-0.4, -0.2) is 37.0 Å². The summed E-state index contributed by atoms with van der Waals surface area (Å²) in [7, 11) is 4.20. The van der Waals surface area contributed by atoms with Crippen molar-refractivity contribution in [1.29, 1.82) is 5.26 Å². The minimum atomic E-state index is 0.728. The number of nitrogens with zero attached hydrogens (tertiary/aromatic N) is 3. The lowest BCUT2D eigenvalue weighted by atomic mass is 10.1. The van der Waals surface area contributed by atoms with Crippen molar-refractivity contribution in [2.24, 2.45) is 0 Å². The Labute approximate surface area is 139 Å². The summed E-state index contributed by atoms with van der Waals surface area (Å²) in [5.41, 5.74) is 4.61. The number of benzene rings is 2. The molecule has 0 unspecified atom stereocenters. The quantitative estimate of drug-likeness (QED) is 0.785. The molecule has 0 amide bonds. The van der Waals surface area contributed by atoms with Crippen molar-refractivity contribution in [2.75, 3.05) is 27.2 Å². The van der Waals surface area contributed by atoms with Gasteiger partial charge in [-0.15, -0.1) is 0 Å². The number of hydrogen-bond acceptors (Lipinski definition) is 3. The number of nitriles is 1. The van der Waals surface area contributed by atoms with Gasteiger partial charge in [-0.3, -0.25) is 4.90 Å². The van der Waals surface area contributed by atoms with E-state index in [1.54, 1.807) is 0 Å². The van der Waals surface area contributed by atoms with Crippen LogP contribution in [0.4, 0.5) is 0 Å². The van der Waals surface area contributed by atoms with Crippen LogP contribution in [0.3, 0.4) is 0 Å². The molecular weight excluding hydrogens is 282 g/mol. The zero-order valence-electron chi connectivity index (χ0n) is 14.3. The van der Waals surface area contributed by atoms with Crippen molar-refractivity contribution in [2.45, 2.75) is 20.0 Å². The summed E-state index contributed by atoms with van der Waals surface area (Å²) in [6.45, 7) is 5.96. The highest BCUT2D eigenvalue weighted by Crippen LogP contribution is 2.14. The fourth-order valence-corrected chi connectivity index (χ4v) is 2.58. The lowest BCUT2D eigenvalue weighted by Crippen LogP contribution is -2.31. The Morgan fingerprint density at radius 2 is 1.74 bits per heavy atom. The molecule has 0 heterocycles. The highest BCUT2D eigenvalue weighted by Gasteiger charge is 2.09. The van der Waals surface area contributed by atoms with Crippen LogP contribution >= 0.6 is 0 Å². The molecule has 2 rings (SSSR count). The molecule has 0 N–H and O–H groups in total. The SMILES string of the molecule is Cc1ccccc1CN(CCN(C)C)Cc1cccc(C#N)c1. The average Bonchev–Trinajstić information content (AvgIpc) is 2.55. The van der Waals surface area contributed by atoms with Gasteiger partial charge in [-0.25, -0.2) is 0 Å². The molecule has 0 bridgehead atoms. The Balaban J connectivity index is 2.13. The van der Waals surface area contributed by atoms with E-state index in [2.05, 4.69) is 67.2 Å². The van der Waals surface area contributed by atoms with E-state index < -0.39 is 0 Å². The predicted molar refractivity (Wildman–Crippen MR) is 95.0 cm³/mol. The van der Waals surface area contributed by atoms with Gasteiger partial charge in [-0.2, -0.15) is 5.26 Å². The molecule has 0 radical (unpaired) electrons. The first kappa shape index (κ1) is 17.2. The second-order valence-corrected chi connectivity index (χ2v) is 6.25. The van der Waals surface area contributed by atoms with Gasteiger partial charge in [0.1, 0.15) is 0 Å². The van der Waals surface area contributed by atoms with Gasteiger partial charge in [0.2, 0.25) is 0 Å². The van der Waals surface area contributed by atoms with Gasteiger partial charge in [0.05, 0.1) is 11.6 Å². The van der Waals surface area contributed by atoms with E-state index in [9.17, 15) is 0 Å². The molecule has 0 saturated carbocycles. The maximum absolute atomic E-state index is 9.07. The predicted octanol–water partition coefficient (Wildman–Crippen LogP) is 3.43. The fourth-order valence-electron chi connectivity index (χ4n) is 2.58. The first-order valence-electron chi connectivity index (χ1n) is 7.99. The Hall–Kier alpha value is -2.15. The van der Waals surface area contributed by atoms with Crippen LogP contribution in [0.2, 0.25) is 0 Å². The summed E-state index contributed by atoms with van der Waals surface area (Å²) in [5, 5.41) is 9.07. The number of rotatable bonds is 7. The van der Waals surface area contributed by atoms with Gasteiger partial charge in [0, 0.05) is 26.2 Å². The van der Waals surface area contributed by atoms with Crippen molar-refractivity contribution in [3.05, 3.63) is 70.8 Å². The third-order valence-electron chi connectivity index (χ3n) is 3.98. The van der Waals surface area contributed by atoms with Gasteiger partial charge in [-0.1, -0.05) is 36.4 Å². The lowest BCUT2D eigenvalue weighted by molar-refractivity contribution is 0.226. The smallest absolute Gasteiger partial charge is 0.0991 e. The number of hydrogen-bond donors (Lipinski definition) is 0. The van der Waals surface area contributed by atoms with E-state index in [4.69, 9.17) is 5.26 Å². The normalized spacial score (nSPS) is 11.0. The highest BCUT2D eigenvalue weighted by atomic mass is 15.2. The van der Waals surface area contributed by atoms with Crippen LogP contribution in [0.15, 0.2) is 48.5 Å². The monoisotopic (exact) mass is 307 g/mol. The van der Waals surface area contributed by atoms with Gasteiger partial charge in [0.15, 0.2) is 0 Å². The summed E-state index contributed by atoms with van der Waals surface area (Å²) in [6, 6.07) is 18.7. The summed E-state index contributed by atoms with van der Waals surface area (Å²) in [5.74, 6) is 0. The van der Waals surface area contributed by atoms with Crippen LogP contribution in [-0.2, 0) is 13.1 Å². The first-order chi connectivity index (χ1) is 11.1. The second-order valence-electron chi connectivity index (χ2n) is 6.25. The minimum absolute atomic E-state index is 0.728. The van der Waals surface area contributed by atoms with Crippen LogP contribution in [0.1, 0.15) is 22.3 Å². The lowest BCUT2D eigenvalue weighted by Gasteiger charge is -2.25. The van der Waals surface area contributed by atoms with Gasteiger partial charge < -0.3 is 4.90 Å². The molecule has 3 heteroatoms. The second kappa shape index (κ2) is 8.47. The van der Waals surface area contributed by atoms with Crippen LogP contribution in [0.25, 0.3) is 0 Å². The molecule has 120 valence electrons. The Bertz CT molecular complexity index is 671. The van der Waals surface area contributed by atoms with Gasteiger partial charge in [0.25, 0.3) is 0 Å². The molecule has 2 aromatic carbocycles. The molecule has 0 aliphatic rings. The standard InChI is InChI=1S/C20H25N3/c1-17-7-4-5-10-20(17)16-23(12-11-22(2)3)15-19-9-6-8-18(13-19)14-21/h4-10,13H,11-12,15-16H2,1-3H3. The summed E-state index contributed by atoms with van der Waals surface area (Å²) in [6.07, 6.45) is 0. The van der Waals surface area contributed by atoms with Crippen molar-refractivity contribution < 1.29 is 0 Å². The molecule has 23 heavy (non-hydrogen) atoms. The summed E-state index contributed by atoms with van der Waals surface area (Å²) in [4.78, 5) is 4.65. The topological polar surface area (TPSA) is 30.3 Å². The molecule has 0 saturated heterocycles. The fraction of sp³-hybridized carbons (Fsp3) is 0.350. The molecule has 0 aliphatic carbocycles. The van der Waals surface area contributed by atoms with E-state index in [1.165, 1.54) is 16.7 Å². The van der Waals surface area contributed by atoms with E-state index in [-0.39, 0.29) is 0 Å². The Morgan fingerprint density at radius 1 is 0.957 bits per heavy atom. The highest BCUT2D eigenvalue weighted by molar-refractivity contribution is 5.33. The first-order valence-corrected chi connectivity index (χ1v) is 7.99. The van der Waals surface area contributed by atoms with Crippen molar-refractivity contribution in [3.63, 3.8) is 0 Å². The zero-order valence-corrected chi connectivity index (χ0v) is 14.3. The molecule has 3 nitrogen and oxygen atoms in total. The third-order valence-corrected chi connectivity index (χ3v) is 3.98. The molecule has 0 spiro atoms. The molecular formula is C20H25N3. The molecule has 2 aromatic rings. The van der Waals surface area contributed by atoms with Gasteiger partial charge >= 0.3 is 0 Å². The maximum atomic E-state index is 9.07. The van der Waals surface area contributed by atoms with Crippen LogP contribution < -0.4 is 0 Å². The van der Waals surface area contributed by atoms with Crippen molar-refractivity contribution >= 4 is 0 Å². The Morgan fingerprint density at radius 3 is 2.43 bits per heavy atom. The molecule has 0 aromatic heterocycles. The van der Waals surface area contributed by atoms with E-state index in [0.717, 1.165) is 31.7 Å². The van der Waals surface area contributed by atoms with E-state index in [1.807, 2.05) is 18.2 Å². The van der Waals surface area contributed by atoms with Crippen LogP contribution in [0, 0.1) is 18.3 Å². The largest absolute Gasteiger partial charge is 0.308 e. The molecule has 0 fully saturated rings. The van der Waals surface area contributed by atoms with E-state index in [0.29, 0.717) is 0 Å². The Kier molecular flexibility index (Phi) is 6.34. The third kappa shape index (κ3) is 5.52. The maximum Gasteiger partial charge on any atom is 0.0991 e. The van der Waals surface area contributed by atoms with Gasteiger partial charge in [-0.05, 0) is 49.8 Å². The number of aryl methyl sites for hydroxylation is 1. The minimum Gasteiger partial charge on any atom is -0.308 e. The summed E-state index contributed by atoms with van der Waals surface area (Å²) >= 11 is 0. The summed E-state index contributed by atoms with van der Waals surface area (Å²) < 4.78 is 0. The van der Waals surface area contributed by atoms with Crippen LogP contribution in [0.5, 0.6) is 0 Å².